The van der Waals surface area contributed by atoms with Gasteiger partial charge in [0.1, 0.15) is 29.4 Å². The molecule has 0 saturated heterocycles. The lowest BCUT2D eigenvalue weighted by molar-refractivity contribution is -0.140. The van der Waals surface area contributed by atoms with E-state index in [1.54, 1.807) is 0 Å². The molecule has 1 unspecified atom stereocenters. The molecule has 0 N–H and O–H groups in total. The summed E-state index contributed by atoms with van der Waals surface area (Å²) in [6.07, 6.45) is 2.46. The predicted octanol–water partition coefficient (Wildman–Crippen LogP) is 1.72. The number of hydrogen-bond donors (Lipinski definition) is 0. The number of aromatic nitrogens is 1. The number of fused-ring (bicyclic) bond motifs is 1. The Morgan fingerprint density at radius 2 is 2.24 bits per heavy atom. The number of hydrogen-bond acceptors (Lipinski definition) is 4. The normalized spacial score (nSPS) is 26.1. The lowest BCUT2D eigenvalue weighted by atomic mass is 10.1. The number of nitriles is 1. The minimum absolute atomic E-state index is 0.127. The molecule has 1 fully saturated rings. The Labute approximate surface area is 120 Å². The summed E-state index contributed by atoms with van der Waals surface area (Å²) in [7, 11) is 0. The van der Waals surface area contributed by atoms with Crippen LogP contribution in [0.2, 0.25) is 0 Å². The number of rotatable bonds is 1. The van der Waals surface area contributed by atoms with Crippen molar-refractivity contribution in [3.63, 3.8) is 0 Å². The number of pyridine rings is 1. The summed E-state index contributed by atoms with van der Waals surface area (Å²) in [6, 6.07) is 1.97. The van der Waals surface area contributed by atoms with E-state index in [2.05, 4.69) is 4.98 Å². The molecule has 0 radical (unpaired) electrons. The van der Waals surface area contributed by atoms with E-state index in [1.165, 1.54) is 24.2 Å². The summed E-state index contributed by atoms with van der Waals surface area (Å²) in [6.45, 7) is 1.79. The molecular weight excluding hydrogens is 280 g/mol. The molecule has 1 saturated carbocycles. The van der Waals surface area contributed by atoms with Gasteiger partial charge in [0.15, 0.2) is 0 Å². The number of carbonyl (C=O) groups excluding carboxylic acids is 1. The fraction of sp³-hybridized carbons (Fsp3) is 0.500. The minimum Gasteiger partial charge on any atom is -0.490 e. The fourth-order valence-electron chi connectivity index (χ4n) is 2.55. The standard InChI is InChI=1S/C14H13F2N3O2/c1-13(8-14(13,15)16)12(20)19-2-3-21-11-9(4-17)5-18-6-10(11)7-19/h5-6H,2-3,7-8H2,1H3. The molecule has 110 valence electrons. The monoisotopic (exact) mass is 293 g/mol. The first-order valence-corrected chi connectivity index (χ1v) is 6.56. The van der Waals surface area contributed by atoms with Crippen molar-refractivity contribution in [2.24, 2.45) is 5.41 Å². The second-order valence-electron chi connectivity index (χ2n) is 5.58. The van der Waals surface area contributed by atoms with Crippen molar-refractivity contribution in [2.45, 2.75) is 25.8 Å². The lowest BCUT2D eigenvalue weighted by Gasteiger charge is -2.23. The van der Waals surface area contributed by atoms with Gasteiger partial charge < -0.3 is 9.64 Å². The summed E-state index contributed by atoms with van der Waals surface area (Å²) < 4.78 is 32.2. The zero-order valence-electron chi connectivity index (χ0n) is 11.4. The number of alkyl halides is 2. The maximum Gasteiger partial charge on any atom is 0.263 e. The van der Waals surface area contributed by atoms with Crippen LogP contribution in [0.25, 0.3) is 0 Å². The summed E-state index contributed by atoms with van der Waals surface area (Å²) >= 11 is 0. The van der Waals surface area contributed by atoms with Crippen LogP contribution >= 0.6 is 0 Å². The third kappa shape index (κ3) is 2.02. The number of ether oxygens (including phenoxy) is 1. The van der Waals surface area contributed by atoms with Gasteiger partial charge in [-0.15, -0.1) is 0 Å². The maximum absolute atomic E-state index is 13.4. The van der Waals surface area contributed by atoms with Crippen molar-refractivity contribution in [3.8, 4) is 11.8 Å². The molecule has 3 rings (SSSR count). The molecule has 1 amide bonds. The second-order valence-corrected chi connectivity index (χ2v) is 5.58. The van der Waals surface area contributed by atoms with Gasteiger partial charge in [-0.25, -0.2) is 8.78 Å². The van der Waals surface area contributed by atoms with Gasteiger partial charge in [0, 0.05) is 24.4 Å². The number of halogens is 2. The first-order valence-electron chi connectivity index (χ1n) is 6.56. The predicted molar refractivity (Wildman–Crippen MR) is 67.5 cm³/mol. The van der Waals surface area contributed by atoms with Crippen molar-refractivity contribution < 1.29 is 18.3 Å². The second kappa shape index (κ2) is 4.38. The number of amides is 1. The quantitative estimate of drug-likeness (QED) is 0.790. The first-order chi connectivity index (χ1) is 9.89. The maximum atomic E-state index is 13.4. The van der Waals surface area contributed by atoms with Gasteiger partial charge in [-0.1, -0.05) is 0 Å². The van der Waals surface area contributed by atoms with Crippen LogP contribution < -0.4 is 4.74 Å². The van der Waals surface area contributed by atoms with Crippen LogP contribution in [0, 0.1) is 16.7 Å². The van der Waals surface area contributed by atoms with Crippen LogP contribution in [0.15, 0.2) is 12.4 Å². The Hall–Kier alpha value is -2.23. The summed E-state index contributed by atoms with van der Waals surface area (Å²) in [5.74, 6) is -3.13. The van der Waals surface area contributed by atoms with Gasteiger partial charge in [0.25, 0.3) is 5.92 Å². The average molecular weight is 293 g/mol. The molecule has 5 nitrogen and oxygen atoms in total. The third-order valence-corrected chi connectivity index (χ3v) is 4.08. The van der Waals surface area contributed by atoms with E-state index in [0.717, 1.165) is 0 Å². The molecule has 2 aliphatic rings. The van der Waals surface area contributed by atoms with Gasteiger partial charge in [-0.3, -0.25) is 9.78 Å². The highest BCUT2D eigenvalue weighted by atomic mass is 19.3. The van der Waals surface area contributed by atoms with Gasteiger partial charge in [-0.2, -0.15) is 5.26 Å². The van der Waals surface area contributed by atoms with Crippen molar-refractivity contribution >= 4 is 5.91 Å². The Morgan fingerprint density at radius 3 is 2.86 bits per heavy atom. The Kier molecular flexibility index (Phi) is 2.87. The van der Waals surface area contributed by atoms with E-state index >= 15 is 0 Å². The van der Waals surface area contributed by atoms with Crippen molar-refractivity contribution in [2.75, 3.05) is 13.2 Å². The van der Waals surface area contributed by atoms with E-state index in [9.17, 15) is 13.6 Å². The van der Waals surface area contributed by atoms with Crippen LogP contribution in [0.4, 0.5) is 8.78 Å². The van der Waals surface area contributed by atoms with Gasteiger partial charge in [-0.05, 0) is 6.92 Å². The Balaban J connectivity index is 1.88. The van der Waals surface area contributed by atoms with Crippen LogP contribution in [-0.2, 0) is 11.3 Å². The molecular formula is C14H13F2N3O2. The molecule has 2 heterocycles. The Morgan fingerprint density at radius 1 is 1.52 bits per heavy atom. The molecule has 1 aliphatic carbocycles. The van der Waals surface area contributed by atoms with Crippen LogP contribution in [-0.4, -0.2) is 34.9 Å². The van der Waals surface area contributed by atoms with E-state index in [0.29, 0.717) is 11.3 Å². The largest absolute Gasteiger partial charge is 0.490 e. The number of carbonyl (C=O) groups is 1. The summed E-state index contributed by atoms with van der Waals surface area (Å²) in [5.41, 5.74) is -0.769. The molecule has 1 aliphatic heterocycles. The highest BCUT2D eigenvalue weighted by Crippen LogP contribution is 2.61. The molecule has 1 aromatic rings. The summed E-state index contributed by atoms with van der Waals surface area (Å²) in [4.78, 5) is 17.6. The molecule has 0 spiro atoms. The number of nitrogens with zero attached hydrogens (tertiary/aromatic N) is 3. The molecule has 0 bridgehead atoms. The highest BCUT2D eigenvalue weighted by molar-refractivity contribution is 5.87. The molecule has 1 atom stereocenters. The molecule has 7 heteroatoms. The van der Waals surface area contributed by atoms with Gasteiger partial charge in [0.05, 0.1) is 13.1 Å². The topological polar surface area (TPSA) is 66.2 Å². The van der Waals surface area contributed by atoms with E-state index in [1.807, 2.05) is 6.07 Å². The molecule has 1 aromatic heterocycles. The van der Waals surface area contributed by atoms with E-state index < -0.39 is 23.7 Å². The highest BCUT2D eigenvalue weighted by Gasteiger charge is 2.73. The third-order valence-electron chi connectivity index (χ3n) is 4.08. The van der Waals surface area contributed by atoms with Gasteiger partial charge in [0.2, 0.25) is 5.91 Å². The van der Waals surface area contributed by atoms with Gasteiger partial charge >= 0.3 is 0 Å². The van der Waals surface area contributed by atoms with E-state index in [4.69, 9.17) is 10.00 Å². The van der Waals surface area contributed by atoms with E-state index in [-0.39, 0.29) is 25.3 Å². The van der Waals surface area contributed by atoms with Crippen LogP contribution in [0.3, 0.4) is 0 Å². The first kappa shape index (κ1) is 13.7. The zero-order valence-corrected chi connectivity index (χ0v) is 11.4. The summed E-state index contributed by atoms with van der Waals surface area (Å²) in [5, 5.41) is 9.02. The zero-order chi connectivity index (χ0) is 15.3. The lowest BCUT2D eigenvalue weighted by Crippen LogP contribution is -2.39. The van der Waals surface area contributed by atoms with Crippen LogP contribution in [0.5, 0.6) is 5.75 Å². The average Bonchev–Trinajstić information content (AvgIpc) is 3.06. The fourth-order valence-corrected chi connectivity index (χ4v) is 2.55. The van der Waals surface area contributed by atoms with Crippen molar-refractivity contribution in [1.29, 1.82) is 5.26 Å². The molecule has 21 heavy (non-hydrogen) atoms. The SMILES string of the molecule is CC1(C(=O)N2CCOc3c(C#N)cncc3C2)CC1(F)F. The van der Waals surface area contributed by atoms with Crippen LogP contribution in [0.1, 0.15) is 24.5 Å². The Bertz CT molecular complexity index is 656. The van der Waals surface area contributed by atoms with Crippen molar-refractivity contribution in [3.05, 3.63) is 23.5 Å². The minimum atomic E-state index is -2.94. The smallest absolute Gasteiger partial charge is 0.263 e. The van der Waals surface area contributed by atoms with Crippen molar-refractivity contribution in [1.82, 2.24) is 9.88 Å². The molecule has 0 aromatic carbocycles.